The fourth-order valence-corrected chi connectivity index (χ4v) is 1.98. The van der Waals surface area contributed by atoms with E-state index in [1.54, 1.807) is 13.2 Å². The van der Waals surface area contributed by atoms with Crippen molar-refractivity contribution in [1.29, 1.82) is 0 Å². The third kappa shape index (κ3) is 3.88. The number of anilines is 1. The second kappa shape index (κ2) is 6.45. The molecule has 0 amide bonds. The average molecular weight is 278 g/mol. The number of halogens is 1. The van der Waals surface area contributed by atoms with Gasteiger partial charge in [-0.3, -0.25) is 0 Å². The van der Waals surface area contributed by atoms with E-state index in [1.807, 2.05) is 36.4 Å². The summed E-state index contributed by atoms with van der Waals surface area (Å²) < 4.78 is 10.8. The zero-order valence-electron chi connectivity index (χ0n) is 10.7. The van der Waals surface area contributed by atoms with Crippen molar-refractivity contribution in [1.82, 2.24) is 0 Å². The first-order valence-electron chi connectivity index (χ1n) is 5.93. The number of methoxy groups -OCH3 is 1. The van der Waals surface area contributed by atoms with Crippen LogP contribution in [0.25, 0.3) is 0 Å². The van der Waals surface area contributed by atoms with E-state index in [1.165, 1.54) is 0 Å². The van der Waals surface area contributed by atoms with Crippen molar-refractivity contribution in [3.05, 3.63) is 58.6 Å². The van der Waals surface area contributed by atoms with Gasteiger partial charge >= 0.3 is 0 Å². The Morgan fingerprint density at radius 2 is 1.95 bits per heavy atom. The smallest absolute Gasteiger partial charge is 0.120 e. The minimum Gasteiger partial charge on any atom is -0.489 e. The predicted octanol–water partition coefficient (Wildman–Crippen LogP) is 3.65. The van der Waals surface area contributed by atoms with E-state index in [4.69, 9.17) is 26.8 Å². The lowest BCUT2D eigenvalue weighted by molar-refractivity contribution is 0.184. The fourth-order valence-electron chi connectivity index (χ4n) is 1.73. The first-order valence-corrected chi connectivity index (χ1v) is 6.31. The standard InChI is InChI=1S/C15H16ClNO2/c1-18-9-11-3-2-4-14(7-11)19-10-12-5-6-13(17)8-15(12)16/h2-8H,9-10,17H2,1H3. The maximum absolute atomic E-state index is 6.10. The molecule has 0 aliphatic rings. The van der Waals surface area contributed by atoms with Crippen LogP contribution in [0.15, 0.2) is 42.5 Å². The topological polar surface area (TPSA) is 44.5 Å². The summed E-state index contributed by atoms with van der Waals surface area (Å²) in [5.74, 6) is 0.794. The van der Waals surface area contributed by atoms with Crippen molar-refractivity contribution < 1.29 is 9.47 Å². The number of ether oxygens (including phenoxy) is 2. The summed E-state index contributed by atoms with van der Waals surface area (Å²) in [5, 5.41) is 0.619. The number of rotatable bonds is 5. The number of benzene rings is 2. The van der Waals surface area contributed by atoms with E-state index in [2.05, 4.69) is 0 Å². The van der Waals surface area contributed by atoms with E-state index >= 15 is 0 Å². The number of hydrogen-bond donors (Lipinski definition) is 1. The first kappa shape index (κ1) is 13.7. The van der Waals surface area contributed by atoms with Crippen molar-refractivity contribution >= 4 is 17.3 Å². The molecular formula is C15H16ClNO2. The minimum absolute atomic E-state index is 0.412. The molecule has 2 aromatic rings. The Morgan fingerprint density at radius 1 is 1.11 bits per heavy atom. The Balaban J connectivity index is 2.03. The highest BCUT2D eigenvalue weighted by atomic mass is 35.5. The molecule has 2 N–H and O–H groups in total. The van der Waals surface area contributed by atoms with E-state index in [-0.39, 0.29) is 0 Å². The molecule has 100 valence electrons. The van der Waals surface area contributed by atoms with E-state index < -0.39 is 0 Å². The molecule has 0 fully saturated rings. The monoisotopic (exact) mass is 277 g/mol. The Labute approximate surface area is 117 Å². The molecule has 2 rings (SSSR count). The molecule has 0 bridgehead atoms. The molecule has 3 nitrogen and oxygen atoms in total. The number of hydrogen-bond acceptors (Lipinski definition) is 3. The van der Waals surface area contributed by atoms with Gasteiger partial charge in [0.1, 0.15) is 12.4 Å². The van der Waals surface area contributed by atoms with Crippen molar-refractivity contribution in [2.24, 2.45) is 0 Å². The van der Waals surface area contributed by atoms with Crippen LogP contribution < -0.4 is 10.5 Å². The molecule has 19 heavy (non-hydrogen) atoms. The van der Waals surface area contributed by atoms with Gasteiger partial charge in [0.25, 0.3) is 0 Å². The van der Waals surface area contributed by atoms with Gasteiger partial charge in [0.05, 0.1) is 6.61 Å². The van der Waals surface area contributed by atoms with Crippen molar-refractivity contribution in [3.63, 3.8) is 0 Å². The van der Waals surface area contributed by atoms with Gasteiger partial charge in [-0.15, -0.1) is 0 Å². The maximum atomic E-state index is 6.10. The lowest BCUT2D eigenvalue weighted by Crippen LogP contribution is -1.98. The normalized spacial score (nSPS) is 10.4. The summed E-state index contributed by atoms with van der Waals surface area (Å²) in [5.41, 5.74) is 8.28. The summed E-state index contributed by atoms with van der Waals surface area (Å²) in [7, 11) is 1.67. The third-order valence-corrected chi connectivity index (χ3v) is 3.03. The fraction of sp³-hybridized carbons (Fsp3) is 0.200. The lowest BCUT2D eigenvalue weighted by Gasteiger charge is -2.09. The largest absolute Gasteiger partial charge is 0.489 e. The molecule has 0 saturated carbocycles. The Kier molecular flexibility index (Phi) is 4.66. The molecule has 4 heteroatoms. The van der Waals surface area contributed by atoms with Crippen LogP contribution in [-0.4, -0.2) is 7.11 Å². The maximum Gasteiger partial charge on any atom is 0.120 e. The predicted molar refractivity (Wildman–Crippen MR) is 77.4 cm³/mol. The first-order chi connectivity index (χ1) is 9.19. The van der Waals surface area contributed by atoms with Gasteiger partial charge in [-0.1, -0.05) is 29.8 Å². The third-order valence-electron chi connectivity index (χ3n) is 2.68. The molecule has 0 spiro atoms. The Hall–Kier alpha value is -1.71. The second-order valence-electron chi connectivity index (χ2n) is 4.22. The van der Waals surface area contributed by atoms with Crippen LogP contribution in [0.5, 0.6) is 5.75 Å². The molecule has 0 radical (unpaired) electrons. The number of nitrogens with two attached hydrogens (primary N) is 1. The summed E-state index contributed by atoms with van der Waals surface area (Å²) in [6.07, 6.45) is 0. The molecule has 0 aliphatic carbocycles. The molecule has 2 aromatic carbocycles. The van der Waals surface area contributed by atoms with Crippen LogP contribution in [0.3, 0.4) is 0 Å². The van der Waals surface area contributed by atoms with Gasteiger partial charge in [-0.05, 0) is 29.8 Å². The van der Waals surface area contributed by atoms with Crippen LogP contribution in [0.2, 0.25) is 5.02 Å². The Bertz CT molecular complexity index is 558. The van der Waals surface area contributed by atoms with Gasteiger partial charge < -0.3 is 15.2 Å². The number of nitrogen functional groups attached to an aromatic ring is 1. The zero-order chi connectivity index (χ0) is 13.7. The van der Waals surface area contributed by atoms with Gasteiger partial charge in [0.2, 0.25) is 0 Å². The summed E-state index contributed by atoms with van der Waals surface area (Å²) in [6.45, 7) is 0.982. The van der Waals surface area contributed by atoms with Crippen molar-refractivity contribution in [3.8, 4) is 5.75 Å². The quantitative estimate of drug-likeness (QED) is 0.849. The van der Waals surface area contributed by atoms with Crippen LogP contribution in [0.1, 0.15) is 11.1 Å². The molecule has 0 saturated heterocycles. The molecule has 0 heterocycles. The van der Waals surface area contributed by atoms with Crippen LogP contribution in [0, 0.1) is 0 Å². The highest BCUT2D eigenvalue weighted by molar-refractivity contribution is 6.31. The SMILES string of the molecule is COCc1cccc(OCc2ccc(N)cc2Cl)c1. The summed E-state index contributed by atoms with van der Waals surface area (Å²) in [4.78, 5) is 0. The van der Waals surface area contributed by atoms with Crippen LogP contribution in [0.4, 0.5) is 5.69 Å². The highest BCUT2D eigenvalue weighted by Gasteiger charge is 2.03. The van der Waals surface area contributed by atoms with Gasteiger partial charge in [-0.25, -0.2) is 0 Å². The van der Waals surface area contributed by atoms with E-state index in [9.17, 15) is 0 Å². The average Bonchev–Trinajstić information content (AvgIpc) is 2.38. The molecule has 0 aromatic heterocycles. The van der Waals surface area contributed by atoms with Gasteiger partial charge in [0, 0.05) is 23.4 Å². The molecular weight excluding hydrogens is 262 g/mol. The van der Waals surface area contributed by atoms with Crippen molar-refractivity contribution in [2.45, 2.75) is 13.2 Å². The molecule has 0 atom stereocenters. The van der Waals surface area contributed by atoms with Gasteiger partial charge in [-0.2, -0.15) is 0 Å². The van der Waals surface area contributed by atoms with Crippen LogP contribution in [-0.2, 0) is 18.0 Å². The van der Waals surface area contributed by atoms with Crippen molar-refractivity contribution in [2.75, 3.05) is 12.8 Å². The summed E-state index contributed by atoms with van der Waals surface area (Å²) in [6, 6.07) is 13.2. The molecule has 0 aliphatic heterocycles. The van der Waals surface area contributed by atoms with E-state index in [0.29, 0.717) is 23.9 Å². The molecule has 0 unspecified atom stereocenters. The minimum atomic E-state index is 0.412. The lowest BCUT2D eigenvalue weighted by atomic mass is 10.2. The van der Waals surface area contributed by atoms with E-state index in [0.717, 1.165) is 16.9 Å². The second-order valence-corrected chi connectivity index (χ2v) is 4.63. The Morgan fingerprint density at radius 3 is 2.68 bits per heavy atom. The zero-order valence-corrected chi connectivity index (χ0v) is 11.5. The van der Waals surface area contributed by atoms with Crippen LogP contribution >= 0.6 is 11.6 Å². The van der Waals surface area contributed by atoms with Gasteiger partial charge in [0.15, 0.2) is 0 Å². The summed E-state index contributed by atoms with van der Waals surface area (Å²) >= 11 is 6.10. The highest BCUT2D eigenvalue weighted by Crippen LogP contribution is 2.22.